The molecule has 0 aromatic heterocycles. The molecule has 0 unspecified atom stereocenters. The van der Waals surface area contributed by atoms with Gasteiger partial charge in [0.25, 0.3) is 0 Å². The molecule has 1 aliphatic heterocycles. The van der Waals surface area contributed by atoms with Crippen molar-refractivity contribution < 1.29 is 8.78 Å². The second-order valence-electron chi connectivity index (χ2n) is 10.2. The molecule has 31 heavy (non-hydrogen) atoms. The average Bonchev–Trinajstić information content (AvgIpc) is 2.82. The van der Waals surface area contributed by atoms with E-state index in [-0.39, 0.29) is 0 Å². The molecule has 0 atom stereocenters. The van der Waals surface area contributed by atoms with Crippen LogP contribution in [0.4, 0.5) is 8.78 Å². The molecule has 1 saturated heterocycles. The summed E-state index contributed by atoms with van der Waals surface area (Å²) < 4.78 is 26.9. The Morgan fingerprint density at radius 2 is 1.45 bits per heavy atom. The molecule has 2 aromatic rings. The lowest BCUT2D eigenvalue weighted by atomic mass is 9.72. The Hall–Kier alpha value is -1.48. The zero-order chi connectivity index (χ0) is 21.7. The zero-order valence-electron chi connectivity index (χ0n) is 19.1. The van der Waals surface area contributed by atoms with Crippen molar-refractivity contribution >= 4 is 13.3 Å². The molecule has 4 rings (SSSR count). The summed E-state index contributed by atoms with van der Waals surface area (Å²) in [6.45, 7) is 2.31. The molecule has 0 amide bonds. The van der Waals surface area contributed by atoms with Crippen LogP contribution in [0.15, 0.2) is 48.5 Å². The van der Waals surface area contributed by atoms with Crippen molar-refractivity contribution in [1.82, 2.24) is 0 Å². The van der Waals surface area contributed by atoms with E-state index in [0.29, 0.717) is 5.92 Å². The van der Waals surface area contributed by atoms with Gasteiger partial charge < -0.3 is 0 Å². The van der Waals surface area contributed by atoms with Gasteiger partial charge in [-0.2, -0.15) is 0 Å². The smallest absolute Gasteiger partial charge is 0.159 e. The molecule has 0 nitrogen and oxygen atoms in total. The highest BCUT2D eigenvalue weighted by Gasteiger charge is 2.40. The SMILES string of the molecule is CCCCC[Si]1(c2ccccc2)CCC(C2CCC(c3ccc(F)c(F)c3)CC2)CC1. The van der Waals surface area contributed by atoms with E-state index in [2.05, 4.69) is 37.3 Å². The van der Waals surface area contributed by atoms with Crippen LogP contribution in [0.5, 0.6) is 0 Å². The molecule has 1 saturated carbocycles. The lowest BCUT2D eigenvalue weighted by molar-refractivity contribution is 0.215. The quantitative estimate of drug-likeness (QED) is 0.301. The van der Waals surface area contributed by atoms with Crippen LogP contribution in [0.25, 0.3) is 0 Å². The highest BCUT2D eigenvalue weighted by Crippen LogP contribution is 2.46. The van der Waals surface area contributed by atoms with Gasteiger partial charge in [0.05, 0.1) is 8.07 Å². The van der Waals surface area contributed by atoms with Gasteiger partial charge in [-0.15, -0.1) is 0 Å². The Balaban J connectivity index is 1.35. The summed E-state index contributed by atoms with van der Waals surface area (Å²) in [5.74, 6) is 0.685. The Morgan fingerprint density at radius 1 is 0.774 bits per heavy atom. The fraction of sp³-hybridized carbons (Fsp3) is 0.571. The molecule has 3 heteroatoms. The molecular formula is C28H38F2Si. The molecule has 2 aromatic carbocycles. The first-order valence-corrected chi connectivity index (χ1v) is 15.2. The standard InChI is InChI=1S/C28H38F2Si/c1-2-3-7-18-31(26-8-5-4-6-9-26)19-16-24(17-20-31)22-10-12-23(13-11-22)25-14-15-27(29)28(30)21-25/h4-6,8-9,14-15,21-24H,2-3,7,10-13,16-20H2,1H3. The predicted octanol–water partition coefficient (Wildman–Crippen LogP) is 8.19. The summed E-state index contributed by atoms with van der Waals surface area (Å²) in [6.07, 6.45) is 11.7. The molecule has 1 aliphatic carbocycles. The van der Waals surface area contributed by atoms with Crippen LogP contribution in [0, 0.1) is 23.5 Å². The van der Waals surface area contributed by atoms with Gasteiger partial charge in [-0.05, 0) is 61.1 Å². The molecule has 2 aliphatic rings. The van der Waals surface area contributed by atoms with Crippen LogP contribution >= 0.6 is 0 Å². The number of hydrogen-bond donors (Lipinski definition) is 0. The van der Waals surface area contributed by atoms with Crippen molar-refractivity contribution in [3.63, 3.8) is 0 Å². The number of halogens is 2. The number of unbranched alkanes of at least 4 members (excludes halogenated alkanes) is 2. The second-order valence-corrected chi connectivity index (χ2v) is 14.9. The molecule has 0 N–H and O–H groups in total. The lowest BCUT2D eigenvalue weighted by Crippen LogP contribution is -2.50. The minimum Gasteiger partial charge on any atom is -0.204 e. The summed E-state index contributed by atoms with van der Waals surface area (Å²) in [4.78, 5) is 0. The van der Waals surface area contributed by atoms with E-state index in [0.717, 1.165) is 30.2 Å². The third kappa shape index (κ3) is 5.30. The van der Waals surface area contributed by atoms with E-state index in [9.17, 15) is 8.78 Å². The summed E-state index contributed by atoms with van der Waals surface area (Å²) in [5, 5.41) is 1.70. The molecule has 2 fully saturated rings. The molecule has 0 bridgehead atoms. The first kappa shape index (κ1) is 22.7. The number of benzene rings is 2. The number of rotatable bonds is 7. The van der Waals surface area contributed by atoms with Crippen molar-refractivity contribution in [3.8, 4) is 0 Å². The third-order valence-corrected chi connectivity index (χ3v) is 13.8. The van der Waals surface area contributed by atoms with E-state index in [1.54, 1.807) is 11.3 Å². The van der Waals surface area contributed by atoms with Crippen molar-refractivity contribution in [1.29, 1.82) is 0 Å². The Labute approximate surface area is 188 Å². The van der Waals surface area contributed by atoms with Gasteiger partial charge in [0.1, 0.15) is 0 Å². The van der Waals surface area contributed by atoms with E-state index in [1.807, 2.05) is 0 Å². The van der Waals surface area contributed by atoms with Gasteiger partial charge >= 0.3 is 0 Å². The minimum absolute atomic E-state index is 0.404. The van der Waals surface area contributed by atoms with Crippen molar-refractivity contribution in [2.45, 2.75) is 88.8 Å². The maximum Gasteiger partial charge on any atom is 0.159 e. The highest BCUT2D eigenvalue weighted by atomic mass is 28.3. The van der Waals surface area contributed by atoms with Crippen molar-refractivity contribution in [2.24, 2.45) is 11.8 Å². The van der Waals surface area contributed by atoms with Crippen molar-refractivity contribution in [2.75, 3.05) is 0 Å². The van der Waals surface area contributed by atoms with Gasteiger partial charge in [-0.25, -0.2) is 8.78 Å². The topological polar surface area (TPSA) is 0 Å². The Bertz CT molecular complexity index is 818. The summed E-state index contributed by atoms with van der Waals surface area (Å²) in [6, 6.07) is 20.4. The molecule has 1 heterocycles. The van der Waals surface area contributed by atoms with Crippen LogP contribution in [0.3, 0.4) is 0 Å². The highest BCUT2D eigenvalue weighted by molar-refractivity contribution is 6.92. The third-order valence-electron chi connectivity index (χ3n) is 8.49. The van der Waals surface area contributed by atoms with Crippen molar-refractivity contribution in [3.05, 3.63) is 65.7 Å². The average molecular weight is 441 g/mol. The first-order chi connectivity index (χ1) is 15.1. The largest absolute Gasteiger partial charge is 0.204 e. The monoisotopic (exact) mass is 440 g/mol. The summed E-state index contributed by atoms with van der Waals surface area (Å²) in [7, 11) is -1.36. The molecule has 0 spiro atoms. The van der Waals surface area contributed by atoms with Gasteiger partial charge in [0.2, 0.25) is 0 Å². The fourth-order valence-corrected chi connectivity index (χ4v) is 11.8. The van der Waals surface area contributed by atoms with Crippen LogP contribution < -0.4 is 5.19 Å². The fourth-order valence-electron chi connectivity index (χ4n) is 6.54. The van der Waals surface area contributed by atoms with E-state index < -0.39 is 19.7 Å². The van der Waals surface area contributed by atoms with Crippen LogP contribution in [0.1, 0.15) is 76.2 Å². The molecule has 168 valence electrons. The number of hydrogen-bond acceptors (Lipinski definition) is 0. The second kappa shape index (κ2) is 10.4. The van der Waals surface area contributed by atoms with E-state index in [4.69, 9.17) is 0 Å². The Kier molecular flexibility index (Phi) is 7.63. The molecule has 0 radical (unpaired) electrons. The van der Waals surface area contributed by atoms with E-state index in [1.165, 1.54) is 75.2 Å². The molecular weight excluding hydrogens is 402 g/mol. The maximum absolute atomic E-state index is 13.7. The maximum atomic E-state index is 13.7. The zero-order valence-corrected chi connectivity index (χ0v) is 20.1. The van der Waals surface area contributed by atoms with Gasteiger partial charge in [-0.1, -0.05) is 98.7 Å². The Morgan fingerprint density at radius 3 is 2.10 bits per heavy atom. The summed E-state index contributed by atoms with van der Waals surface area (Å²) >= 11 is 0. The summed E-state index contributed by atoms with van der Waals surface area (Å²) in [5.41, 5.74) is 0.993. The predicted molar refractivity (Wildman–Crippen MR) is 130 cm³/mol. The van der Waals surface area contributed by atoms with Gasteiger partial charge in [0.15, 0.2) is 11.6 Å². The van der Waals surface area contributed by atoms with Gasteiger partial charge in [0, 0.05) is 0 Å². The minimum atomic E-state index is -1.36. The first-order valence-electron chi connectivity index (χ1n) is 12.6. The van der Waals surface area contributed by atoms with Gasteiger partial charge in [-0.3, -0.25) is 0 Å². The van der Waals surface area contributed by atoms with E-state index >= 15 is 0 Å². The van der Waals surface area contributed by atoms with Crippen LogP contribution in [-0.4, -0.2) is 8.07 Å². The van der Waals surface area contributed by atoms with Crippen LogP contribution in [-0.2, 0) is 0 Å². The lowest BCUT2D eigenvalue weighted by Gasteiger charge is -2.43. The van der Waals surface area contributed by atoms with Crippen LogP contribution in [0.2, 0.25) is 18.1 Å². The normalized spacial score (nSPS) is 29.1.